The molecule has 4 aliphatic rings. The molecule has 4 atom stereocenters. The average Bonchev–Trinajstić information content (AvgIpc) is 3.72. The molecule has 3 N–H and O–H groups in total. The number of likely N-dealkylation sites (tertiary alicyclic amines) is 1. The van der Waals surface area contributed by atoms with Crippen molar-refractivity contribution in [2.75, 3.05) is 13.2 Å². The van der Waals surface area contributed by atoms with E-state index in [0.29, 0.717) is 0 Å². The number of nitrogens with one attached hydrogen (secondary N) is 3. The molecule has 1 unspecified atom stereocenters. The third-order valence-electron chi connectivity index (χ3n) is 11.3. The van der Waals surface area contributed by atoms with Crippen LogP contribution in [0.5, 0.6) is 0 Å². The molecule has 2 fully saturated rings. The highest BCUT2D eigenvalue weighted by molar-refractivity contribution is 5.92. The lowest BCUT2D eigenvalue weighted by molar-refractivity contribution is -0.141. The van der Waals surface area contributed by atoms with E-state index < -0.39 is 35.9 Å². The van der Waals surface area contributed by atoms with Gasteiger partial charge >= 0.3 is 12.2 Å². The number of amides is 4. The van der Waals surface area contributed by atoms with Crippen LogP contribution in [0.1, 0.15) is 106 Å². The maximum Gasteiger partial charge on any atom is 0.408 e. The number of fused-ring (bicyclic) bond motifs is 4. The van der Waals surface area contributed by atoms with Crippen LogP contribution in [-0.4, -0.2) is 65.8 Å². The number of carbonyl (C=O) groups is 4. The largest absolute Gasteiger partial charge is 0.449 e. The average molecular weight is 721 g/mol. The summed E-state index contributed by atoms with van der Waals surface area (Å²) in [7, 11) is 0. The Morgan fingerprint density at radius 3 is 2.09 bits per heavy atom. The van der Waals surface area contributed by atoms with Crippen LogP contribution < -0.4 is 16.0 Å². The molecule has 280 valence electrons. The Labute approximate surface area is 312 Å². The summed E-state index contributed by atoms with van der Waals surface area (Å²) in [6.45, 7) is 5.63. The lowest BCUT2D eigenvalue weighted by atomic mass is 9.83. The molecular formula is C43H52N4O6. The summed E-state index contributed by atoms with van der Waals surface area (Å²) in [4.78, 5) is 57.0. The molecule has 0 radical (unpaired) electrons. The number of ether oxygens (including phenoxy) is 2. The van der Waals surface area contributed by atoms with E-state index in [0.717, 1.165) is 79.2 Å². The van der Waals surface area contributed by atoms with E-state index in [1.54, 1.807) is 25.7 Å². The molecule has 1 heterocycles. The molecule has 53 heavy (non-hydrogen) atoms. The van der Waals surface area contributed by atoms with E-state index in [2.05, 4.69) is 52.3 Å². The van der Waals surface area contributed by atoms with Gasteiger partial charge in [0.2, 0.25) is 11.8 Å². The molecule has 10 heteroatoms. The first kappa shape index (κ1) is 36.5. The Balaban J connectivity index is 1.09. The van der Waals surface area contributed by atoms with Gasteiger partial charge in [-0.3, -0.25) is 9.59 Å². The Bertz CT molecular complexity index is 1790. The van der Waals surface area contributed by atoms with Gasteiger partial charge in [-0.1, -0.05) is 92.1 Å². The van der Waals surface area contributed by atoms with E-state index in [1.807, 2.05) is 36.4 Å². The molecule has 0 aromatic heterocycles. The Morgan fingerprint density at radius 2 is 1.42 bits per heavy atom. The van der Waals surface area contributed by atoms with Crippen LogP contribution >= 0.6 is 0 Å². The van der Waals surface area contributed by atoms with Crippen molar-refractivity contribution >= 4 is 24.0 Å². The maximum absolute atomic E-state index is 14.6. The van der Waals surface area contributed by atoms with E-state index in [1.165, 1.54) is 5.56 Å². The lowest BCUT2D eigenvalue weighted by Gasteiger charge is -2.35. The molecule has 3 aromatic carbocycles. The van der Waals surface area contributed by atoms with Crippen molar-refractivity contribution in [2.24, 2.45) is 5.92 Å². The number of hydrogen-bond donors (Lipinski definition) is 3. The smallest absolute Gasteiger partial charge is 0.408 e. The summed E-state index contributed by atoms with van der Waals surface area (Å²) in [5, 5.41) is 9.14. The predicted octanol–water partition coefficient (Wildman–Crippen LogP) is 7.16. The van der Waals surface area contributed by atoms with E-state index in [-0.39, 0.29) is 49.3 Å². The van der Waals surface area contributed by atoms with Crippen LogP contribution in [0.25, 0.3) is 11.1 Å². The van der Waals surface area contributed by atoms with Crippen molar-refractivity contribution in [1.29, 1.82) is 0 Å². The maximum atomic E-state index is 14.6. The normalized spacial score (nSPS) is 21.8. The van der Waals surface area contributed by atoms with Gasteiger partial charge in [0.1, 0.15) is 24.3 Å². The molecule has 0 bridgehead atoms. The van der Waals surface area contributed by atoms with Crippen molar-refractivity contribution in [2.45, 2.75) is 114 Å². The minimum atomic E-state index is -0.857. The van der Waals surface area contributed by atoms with Crippen LogP contribution in [0, 0.1) is 5.92 Å². The van der Waals surface area contributed by atoms with Gasteiger partial charge in [-0.2, -0.15) is 0 Å². The highest BCUT2D eigenvalue weighted by Crippen LogP contribution is 2.44. The number of nitrogens with zero attached hydrogens (tertiary/aromatic N) is 1. The SMILES string of the molecule is CC(C)(C)OC(=O)NC(C(=O)N1C[C@@H](NC(=O)OCC2c3ccccc3-c3ccccc32)C[C@H]1C(=O)N[C@@H]1CCCc2ccccc21)C1CCCCC1. The molecule has 1 saturated carbocycles. The first-order valence-electron chi connectivity index (χ1n) is 19.4. The summed E-state index contributed by atoms with van der Waals surface area (Å²) >= 11 is 0. The minimum Gasteiger partial charge on any atom is -0.449 e. The highest BCUT2D eigenvalue weighted by atomic mass is 16.6. The van der Waals surface area contributed by atoms with Gasteiger partial charge in [0.05, 0.1) is 12.1 Å². The fourth-order valence-electron chi connectivity index (χ4n) is 8.87. The van der Waals surface area contributed by atoms with Crippen molar-refractivity contribution in [3.05, 3.63) is 95.1 Å². The zero-order chi connectivity index (χ0) is 37.1. The second-order valence-electron chi connectivity index (χ2n) is 16.1. The number of rotatable bonds is 8. The van der Waals surface area contributed by atoms with Gasteiger partial charge in [0.15, 0.2) is 0 Å². The van der Waals surface area contributed by atoms with Gasteiger partial charge in [-0.15, -0.1) is 0 Å². The molecule has 1 aliphatic heterocycles. The van der Waals surface area contributed by atoms with Crippen LogP contribution in [0.2, 0.25) is 0 Å². The van der Waals surface area contributed by atoms with Gasteiger partial charge in [0.25, 0.3) is 0 Å². The quantitative estimate of drug-likeness (QED) is 0.227. The van der Waals surface area contributed by atoms with Crippen LogP contribution in [-0.2, 0) is 25.5 Å². The number of benzene rings is 3. The second-order valence-corrected chi connectivity index (χ2v) is 16.1. The zero-order valence-corrected chi connectivity index (χ0v) is 31.1. The highest BCUT2D eigenvalue weighted by Gasteiger charge is 2.45. The van der Waals surface area contributed by atoms with Crippen molar-refractivity contribution in [3.8, 4) is 11.1 Å². The number of carbonyl (C=O) groups excluding carboxylic acids is 4. The van der Waals surface area contributed by atoms with Crippen LogP contribution in [0.15, 0.2) is 72.8 Å². The van der Waals surface area contributed by atoms with Gasteiger partial charge in [-0.25, -0.2) is 9.59 Å². The summed E-state index contributed by atoms with van der Waals surface area (Å²) < 4.78 is 11.5. The first-order valence-corrected chi connectivity index (χ1v) is 19.4. The molecule has 1 saturated heterocycles. The number of hydrogen-bond acceptors (Lipinski definition) is 6. The lowest BCUT2D eigenvalue weighted by Crippen LogP contribution is -2.57. The standard InChI is InChI=1S/C43H52N4O6/c1-43(2,3)53-42(51)46-38(28-15-5-4-6-16-28)40(49)47-25-29(24-37(47)39(48)45-36-23-13-17-27-14-7-8-18-30(27)36)44-41(50)52-26-35-33-21-11-9-19-31(33)32-20-10-12-22-34(32)35/h7-12,14,18-22,28-29,35-38H,4-6,13,15-17,23-26H2,1-3H3,(H,44,50)(H,45,48)(H,46,51)/t29-,36+,37-,38?/m0/s1. The third kappa shape index (κ3) is 8.21. The van der Waals surface area contributed by atoms with E-state index >= 15 is 0 Å². The summed E-state index contributed by atoms with van der Waals surface area (Å²) in [6.07, 6.45) is 6.25. The van der Waals surface area contributed by atoms with Crippen LogP contribution in [0.3, 0.4) is 0 Å². The van der Waals surface area contributed by atoms with E-state index in [4.69, 9.17) is 9.47 Å². The molecule has 3 aromatic rings. The molecule has 0 spiro atoms. The van der Waals surface area contributed by atoms with E-state index in [9.17, 15) is 19.2 Å². The van der Waals surface area contributed by atoms with Crippen molar-refractivity contribution < 1.29 is 28.7 Å². The number of aryl methyl sites for hydroxylation is 1. The van der Waals surface area contributed by atoms with Crippen molar-refractivity contribution in [3.63, 3.8) is 0 Å². The van der Waals surface area contributed by atoms with Gasteiger partial charge < -0.3 is 30.3 Å². The third-order valence-corrected chi connectivity index (χ3v) is 11.3. The zero-order valence-electron chi connectivity index (χ0n) is 31.1. The number of alkyl carbamates (subject to hydrolysis) is 2. The molecule has 10 nitrogen and oxygen atoms in total. The summed E-state index contributed by atoms with van der Waals surface area (Å²) in [5.74, 6) is -0.783. The topological polar surface area (TPSA) is 126 Å². The molecular weight excluding hydrogens is 668 g/mol. The van der Waals surface area contributed by atoms with Crippen LogP contribution in [0.4, 0.5) is 9.59 Å². The Morgan fingerprint density at radius 1 is 0.774 bits per heavy atom. The second kappa shape index (κ2) is 15.6. The Hall–Kier alpha value is -4.86. The Kier molecular flexibility index (Phi) is 10.8. The summed E-state index contributed by atoms with van der Waals surface area (Å²) in [5.41, 5.74) is 6.10. The molecule has 4 amide bonds. The monoisotopic (exact) mass is 720 g/mol. The fourth-order valence-corrected chi connectivity index (χ4v) is 8.87. The molecule has 7 rings (SSSR count). The first-order chi connectivity index (χ1) is 25.6. The van der Waals surface area contributed by atoms with Gasteiger partial charge in [-0.05, 0) is 98.6 Å². The predicted molar refractivity (Wildman–Crippen MR) is 202 cm³/mol. The fraction of sp³-hybridized carbons (Fsp3) is 0.488. The molecule has 3 aliphatic carbocycles. The van der Waals surface area contributed by atoms with Gasteiger partial charge in [0, 0.05) is 12.5 Å². The minimum absolute atomic E-state index is 0.0909. The summed E-state index contributed by atoms with van der Waals surface area (Å²) in [6, 6.07) is 22.1. The van der Waals surface area contributed by atoms with Crippen molar-refractivity contribution in [1.82, 2.24) is 20.9 Å².